The van der Waals surface area contributed by atoms with E-state index in [2.05, 4.69) is 24.5 Å². The summed E-state index contributed by atoms with van der Waals surface area (Å²) >= 11 is 0. The molecule has 0 aliphatic carbocycles. The van der Waals surface area contributed by atoms with E-state index in [9.17, 15) is 0 Å². The van der Waals surface area contributed by atoms with E-state index in [1.54, 1.807) is 0 Å². The fraction of sp³-hybridized carbons (Fsp3) is 0.769. The van der Waals surface area contributed by atoms with Crippen LogP contribution in [0.2, 0.25) is 11.6 Å². The summed E-state index contributed by atoms with van der Waals surface area (Å²) in [4.78, 5) is 0. The molecule has 3 heteroatoms. The summed E-state index contributed by atoms with van der Waals surface area (Å²) in [5, 5.41) is 4.73. The Bertz CT molecular complexity index is 363. The molecule has 3 heterocycles. The van der Waals surface area contributed by atoms with Gasteiger partial charge in [-0.1, -0.05) is 38.5 Å². The lowest BCUT2D eigenvalue weighted by atomic mass is 9.34. The molecule has 0 radical (unpaired) electrons. The topological polar surface area (TPSA) is 17.8 Å². The molecule has 0 saturated carbocycles. The minimum absolute atomic E-state index is 0.719. The van der Waals surface area contributed by atoms with Gasteiger partial charge >= 0.3 is 0 Å². The molecule has 0 amide bonds. The number of hydrogen-bond donors (Lipinski definition) is 0. The summed E-state index contributed by atoms with van der Waals surface area (Å²) in [6.45, 7) is 5.04. The zero-order chi connectivity index (χ0) is 11.1. The van der Waals surface area contributed by atoms with Crippen molar-refractivity contribution in [2.45, 2.75) is 64.0 Å². The zero-order valence-corrected chi connectivity index (χ0v) is 10.4. The smallest absolute Gasteiger partial charge is 0.290 e. The van der Waals surface area contributed by atoms with E-state index in [1.165, 1.54) is 49.9 Å². The van der Waals surface area contributed by atoms with Crippen molar-refractivity contribution in [2.24, 2.45) is 0 Å². The van der Waals surface area contributed by atoms with Crippen molar-refractivity contribution >= 4 is 6.85 Å². The first-order valence-corrected chi connectivity index (χ1v) is 6.78. The summed E-state index contributed by atoms with van der Waals surface area (Å²) < 4.78 is 2.35. The Hall–Kier alpha value is -0.725. The highest BCUT2D eigenvalue weighted by Crippen LogP contribution is 2.46. The lowest BCUT2D eigenvalue weighted by Gasteiger charge is -2.40. The third-order valence-corrected chi connectivity index (χ3v) is 4.59. The van der Waals surface area contributed by atoms with Crippen LogP contribution in [0.5, 0.6) is 0 Å². The number of hydrogen-bond acceptors (Lipinski definition) is 1. The lowest BCUT2D eigenvalue weighted by Crippen LogP contribution is -2.42. The highest BCUT2D eigenvalue weighted by Gasteiger charge is 2.42. The van der Waals surface area contributed by atoms with Gasteiger partial charge in [-0.15, -0.1) is 0 Å². The molecule has 3 rings (SSSR count). The van der Waals surface area contributed by atoms with Crippen LogP contribution < -0.4 is 0 Å². The molecule has 2 aliphatic rings. The average Bonchev–Trinajstić information content (AvgIpc) is 2.56. The van der Waals surface area contributed by atoms with E-state index in [4.69, 9.17) is 5.10 Å². The third kappa shape index (κ3) is 1.61. The molecule has 16 heavy (non-hydrogen) atoms. The first-order valence-electron chi connectivity index (χ1n) is 6.78. The van der Waals surface area contributed by atoms with Gasteiger partial charge in [0.15, 0.2) is 0 Å². The van der Waals surface area contributed by atoms with Gasteiger partial charge in [0.2, 0.25) is 0 Å². The Kier molecular flexibility index (Phi) is 2.57. The predicted molar refractivity (Wildman–Crippen MR) is 68.1 cm³/mol. The maximum Gasteiger partial charge on any atom is 0.290 e. The Morgan fingerprint density at radius 3 is 2.12 bits per heavy atom. The molecule has 2 fully saturated rings. The lowest BCUT2D eigenvalue weighted by molar-refractivity contribution is 0.432. The van der Waals surface area contributed by atoms with Gasteiger partial charge < -0.3 is 4.59 Å². The molecule has 2 bridgehead atoms. The molecular formula is C13H21BN2. The number of aromatic nitrogens is 2. The maximum atomic E-state index is 4.73. The Labute approximate surface area is 98.5 Å². The summed E-state index contributed by atoms with van der Waals surface area (Å²) in [7, 11) is 0. The number of rotatable bonds is 1. The normalized spacial score (nSPS) is 29.5. The Balaban J connectivity index is 1.95. The van der Waals surface area contributed by atoms with E-state index in [1.807, 2.05) is 0 Å². The minimum atomic E-state index is 0.719. The second-order valence-corrected chi connectivity index (χ2v) is 5.74. The van der Waals surface area contributed by atoms with Crippen LogP contribution in [0, 0.1) is 13.8 Å². The molecule has 0 aromatic carbocycles. The van der Waals surface area contributed by atoms with Crippen LogP contribution in [0.15, 0.2) is 6.07 Å². The van der Waals surface area contributed by atoms with Crippen LogP contribution >= 0.6 is 0 Å². The molecule has 0 unspecified atom stereocenters. The molecule has 1 aromatic rings. The van der Waals surface area contributed by atoms with Crippen molar-refractivity contribution < 1.29 is 0 Å². The number of aryl methyl sites for hydroxylation is 2. The largest absolute Gasteiger partial charge is 0.314 e. The van der Waals surface area contributed by atoms with Crippen LogP contribution in [-0.4, -0.2) is 16.5 Å². The van der Waals surface area contributed by atoms with Crippen LogP contribution in [0.25, 0.3) is 0 Å². The van der Waals surface area contributed by atoms with Gasteiger partial charge in [-0.25, -0.2) is 0 Å². The van der Waals surface area contributed by atoms with E-state index in [0.717, 1.165) is 18.5 Å². The van der Waals surface area contributed by atoms with Crippen LogP contribution in [-0.2, 0) is 0 Å². The van der Waals surface area contributed by atoms with Crippen molar-refractivity contribution in [2.75, 3.05) is 0 Å². The van der Waals surface area contributed by atoms with Gasteiger partial charge in [-0.05, 0) is 31.5 Å². The van der Waals surface area contributed by atoms with E-state index in [-0.39, 0.29) is 0 Å². The highest BCUT2D eigenvalue weighted by molar-refractivity contribution is 6.60. The number of nitrogens with zero attached hydrogens (tertiary/aromatic N) is 2. The first kappa shape index (κ1) is 10.4. The van der Waals surface area contributed by atoms with Crippen molar-refractivity contribution in [1.82, 2.24) is 9.69 Å². The summed E-state index contributed by atoms with van der Waals surface area (Å²) in [6, 6.07) is 2.23. The monoisotopic (exact) mass is 216 g/mol. The van der Waals surface area contributed by atoms with Crippen LogP contribution in [0.4, 0.5) is 0 Å². The van der Waals surface area contributed by atoms with Crippen molar-refractivity contribution in [3.05, 3.63) is 17.5 Å². The Morgan fingerprint density at radius 2 is 1.69 bits per heavy atom. The Morgan fingerprint density at radius 1 is 1.12 bits per heavy atom. The minimum Gasteiger partial charge on any atom is -0.314 e. The summed E-state index contributed by atoms with van der Waals surface area (Å²) in [6.07, 6.45) is 8.62. The predicted octanol–water partition coefficient (Wildman–Crippen LogP) is 3.45. The second kappa shape index (κ2) is 3.94. The molecule has 2 aliphatic heterocycles. The molecule has 86 valence electrons. The highest BCUT2D eigenvalue weighted by atomic mass is 15.2. The molecular weight excluding hydrogens is 195 g/mol. The van der Waals surface area contributed by atoms with Crippen molar-refractivity contribution in [3.8, 4) is 0 Å². The summed E-state index contributed by atoms with van der Waals surface area (Å²) in [5.74, 6) is 1.82. The zero-order valence-electron chi connectivity index (χ0n) is 10.4. The molecule has 0 spiro atoms. The van der Waals surface area contributed by atoms with Gasteiger partial charge in [-0.2, -0.15) is 5.10 Å². The number of fused-ring (bicyclic) bond motifs is 2. The van der Waals surface area contributed by atoms with E-state index < -0.39 is 0 Å². The fourth-order valence-electron chi connectivity index (χ4n) is 3.99. The average molecular weight is 216 g/mol. The SMILES string of the molecule is Cc1cc(C)n(B2C3CCCC2CCC3)n1. The van der Waals surface area contributed by atoms with Gasteiger partial charge in [0.1, 0.15) is 0 Å². The maximum absolute atomic E-state index is 4.73. The van der Waals surface area contributed by atoms with Crippen molar-refractivity contribution in [1.29, 1.82) is 0 Å². The van der Waals surface area contributed by atoms with Crippen molar-refractivity contribution in [3.63, 3.8) is 0 Å². The molecule has 1 aromatic heterocycles. The van der Waals surface area contributed by atoms with Crippen LogP contribution in [0.1, 0.15) is 49.9 Å². The standard InChI is InChI=1S/C13H21BN2/c1-10-9-11(2)16(15-10)14-12-5-3-6-13(14)8-4-7-12/h9,12-13H,3-8H2,1-2H3. The van der Waals surface area contributed by atoms with E-state index >= 15 is 0 Å². The van der Waals surface area contributed by atoms with Gasteiger partial charge in [-0.3, -0.25) is 0 Å². The fourth-order valence-corrected chi connectivity index (χ4v) is 3.99. The molecule has 2 nitrogen and oxygen atoms in total. The van der Waals surface area contributed by atoms with E-state index in [0.29, 0.717) is 0 Å². The van der Waals surface area contributed by atoms with Gasteiger partial charge in [0.25, 0.3) is 6.85 Å². The van der Waals surface area contributed by atoms with Crippen LogP contribution in [0.3, 0.4) is 0 Å². The van der Waals surface area contributed by atoms with Gasteiger partial charge in [0, 0.05) is 5.69 Å². The first-order chi connectivity index (χ1) is 7.75. The second-order valence-electron chi connectivity index (χ2n) is 5.74. The third-order valence-electron chi connectivity index (χ3n) is 4.59. The quantitative estimate of drug-likeness (QED) is 0.657. The molecule has 2 saturated heterocycles. The summed E-state index contributed by atoms with van der Waals surface area (Å²) in [5.41, 5.74) is 2.54. The molecule has 0 N–H and O–H groups in total. The van der Waals surface area contributed by atoms with Gasteiger partial charge in [0.05, 0.1) is 5.69 Å². The molecule has 0 atom stereocenters.